The Morgan fingerprint density at radius 1 is 0.958 bits per heavy atom. The molecule has 1 heterocycles. The van der Waals surface area contributed by atoms with Gasteiger partial charge in [-0.15, -0.1) is 0 Å². The fraction of sp³-hybridized carbons (Fsp3) is 0.950. The molecule has 0 aromatic rings. The van der Waals surface area contributed by atoms with Crippen molar-refractivity contribution in [1.82, 2.24) is 0 Å². The Hall–Kier alpha value is 0.170. The summed E-state index contributed by atoms with van der Waals surface area (Å²) in [4.78, 5) is 11.4. The molecule has 1 aliphatic rings. The highest BCUT2D eigenvalue weighted by molar-refractivity contribution is 8.77. The molecule has 4 heteroatoms. The standard InChI is InChI=1S/C20H38O2S2/c1-2-3-4-5-6-7-8-10-13-18(20(21)22)14-11-9-12-15-19-16-17-23-24-19/h18-19H,2-17H2,1H3,(H,21,22). The summed E-state index contributed by atoms with van der Waals surface area (Å²) in [6.45, 7) is 2.25. The molecule has 1 rings (SSSR count). The second kappa shape index (κ2) is 15.4. The van der Waals surface area contributed by atoms with Crippen LogP contribution in [0.2, 0.25) is 0 Å². The van der Waals surface area contributed by atoms with Crippen LogP contribution in [0.3, 0.4) is 0 Å². The van der Waals surface area contributed by atoms with E-state index in [-0.39, 0.29) is 5.92 Å². The van der Waals surface area contributed by atoms with Gasteiger partial charge < -0.3 is 5.11 Å². The van der Waals surface area contributed by atoms with Gasteiger partial charge in [0.2, 0.25) is 0 Å². The molecule has 1 fully saturated rings. The first-order chi connectivity index (χ1) is 11.7. The predicted octanol–water partition coefficient (Wildman–Crippen LogP) is 7.32. The Labute approximate surface area is 157 Å². The molecule has 0 aliphatic carbocycles. The molecular weight excluding hydrogens is 336 g/mol. The van der Waals surface area contributed by atoms with E-state index in [9.17, 15) is 9.90 Å². The lowest BCUT2D eigenvalue weighted by molar-refractivity contribution is -0.142. The highest BCUT2D eigenvalue weighted by atomic mass is 33.1. The van der Waals surface area contributed by atoms with E-state index in [2.05, 4.69) is 17.7 Å². The first kappa shape index (κ1) is 22.2. The van der Waals surface area contributed by atoms with Gasteiger partial charge in [-0.2, -0.15) is 0 Å². The van der Waals surface area contributed by atoms with Crippen LogP contribution in [-0.2, 0) is 4.79 Å². The van der Waals surface area contributed by atoms with Crippen molar-refractivity contribution in [3.63, 3.8) is 0 Å². The summed E-state index contributed by atoms with van der Waals surface area (Å²) in [6, 6.07) is 0. The Balaban J connectivity index is 1.95. The second-order valence-corrected chi connectivity index (χ2v) is 10.1. The summed E-state index contributed by atoms with van der Waals surface area (Å²) < 4.78 is 0. The molecule has 0 amide bonds. The predicted molar refractivity (Wildman–Crippen MR) is 110 cm³/mol. The third-order valence-electron chi connectivity index (χ3n) is 5.06. The molecule has 0 bridgehead atoms. The van der Waals surface area contributed by atoms with E-state index in [1.54, 1.807) is 0 Å². The number of aliphatic carboxylic acids is 1. The molecule has 1 N–H and O–H groups in total. The molecule has 2 unspecified atom stereocenters. The molecule has 0 aromatic carbocycles. The first-order valence-electron chi connectivity index (χ1n) is 10.2. The molecule has 24 heavy (non-hydrogen) atoms. The zero-order valence-electron chi connectivity index (χ0n) is 15.6. The Kier molecular flexibility index (Phi) is 14.3. The van der Waals surface area contributed by atoms with Crippen molar-refractivity contribution in [3.05, 3.63) is 0 Å². The number of rotatable bonds is 16. The summed E-state index contributed by atoms with van der Waals surface area (Å²) in [6.07, 6.45) is 18.4. The van der Waals surface area contributed by atoms with Gasteiger partial charge in [-0.05, 0) is 25.7 Å². The third kappa shape index (κ3) is 11.7. The third-order valence-corrected chi connectivity index (χ3v) is 8.07. The zero-order chi connectivity index (χ0) is 17.5. The maximum absolute atomic E-state index is 11.4. The van der Waals surface area contributed by atoms with Crippen molar-refractivity contribution in [3.8, 4) is 0 Å². The van der Waals surface area contributed by atoms with Crippen molar-refractivity contribution in [2.75, 3.05) is 5.75 Å². The highest BCUT2D eigenvalue weighted by Crippen LogP contribution is 2.40. The van der Waals surface area contributed by atoms with Gasteiger partial charge in [0.1, 0.15) is 0 Å². The highest BCUT2D eigenvalue weighted by Gasteiger charge is 2.18. The minimum atomic E-state index is -0.569. The summed E-state index contributed by atoms with van der Waals surface area (Å²) in [5.74, 6) is 0.650. The summed E-state index contributed by atoms with van der Waals surface area (Å²) in [5.41, 5.74) is 0. The van der Waals surface area contributed by atoms with Gasteiger partial charge in [-0.1, -0.05) is 99.1 Å². The van der Waals surface area contributed by atoms with E-state index < -0.39 is 5.97 Å². The Bertz CT molecular complexity index is 304. The maximum Gasteiger partial charge on any atom is 0.306 e. The number of unbranched alkanes of at least 4 members (excludes halogenated alkanes) is 9. The van der Waals surface area contributed by atoms with E-state index in [0.29, 0.717) is 0 Å². The van der Waals surface area contributed by atoms with Crippen LogP contribution in [0.25, 0.3) is 0 Å². The lowest BCUT2D eigenvalue weighted by Gasteiger charge is -2.12. The van der Waals surface area contributed by atoms with Gasteiger partial charge in [0.25, 0.3) is 0 Å². The average Bonchev–Trinajstić information content (AvgIpc) is 3.08. The number of carboxylic acids is 1. The summed E-state index contributed by atoms with van der Waals surface area (Å²) >= 11 is 0. The number of hydrogen-bond acceptors (Lipinski definition) is 3. The lowest BCUT2D eigenvalue weighted by Crippen LogP contribution is -2.13. The molecule has 2 atom stereocenters. The molecule has 0 aromatic heterocycles. The van der Waals surface area contributed by atoms with Gasteiger partial charge in [0.15, 0.2) is 0 Å². The van der Waals surface area contributed by atoms with Crippen LogP contribution in [0.15, 0.2) is 0 Å². The SMILES string of the molecule is CCCCCCCCCCC(CCCCCC1CCSS1)C(=O)O. The van der Waals surface area contributed by atoms with Crippen LogP contribution in [0.1, 0.15) is 103 Å². The minimum Gasteiger partial charge on any atom is -0.481 e. The lowest BCUT2D eigenvalue weighted by atomic mass is 9.94. The average molecular weight is 375 g/mol. The van der Waals surface area contributed by atoms with Crippen LogP contribution >= 0.6 is 21.6 Å². The largest absolute Gasteiger partial charge is 0.481 e. The van der Waals surface area contributed by atoms with Crippen molar-refractivity contribution in [2.24, 2.45) is 5.92 Å². The fourth-order valence-electron chi connectivity index (χ4n) is 3.42. The molecule has 2 nitrogen and oxygen atoms in total. The van der Waals surface area contributed by atoms with Crippen molar-refractivity contribution in [2.45, 2.75) is 108 Å². The molecule has 1 saturated heterocycles. The van der Waals surface area contributed by atoms with Crippen LogP contribution in [0.5, 0.6) is 0 Å². The normalized spacial score (nSPS) is 18.8. The van der Waals surface area contributed by atoms with Gasteiger partial charge in [-0.25, -0.2) is 0 Å². The quantitative estimate of drug-likeness (QED) is 0.227. The van der Waals surface area contributed by atoms with E-state index in [4.69, 9.17) is 0 Å². The number of carboxylic acid groups (broad SMARTS) is 1. The first-order valence-corrected chi connectivity index (χ1v) is 12.6. The number of carbonyl (C=O) groups is 1. The van der Waals surface area contributed by atoms with E-state index >= 15 is 0 Å². The van der Waals surface area contributed by atoms with Crippen molar-refractivity contribution < 1.29 is 9.90 Å². The molecule has 0 radical (unpaired) electrons. The van der Waals surface area contributed by atoms with E-state index in [1.807, 2.05) is 10.8 Å². The van der Waals surface area contributed by atoms with Gasteiger partial charge in [0.05, 0.1) is 5.92 Å². The van der Waals surface area contributed by atoms with Crippen LogP contribution in [-0.4, -0.2) is 22.1 Å². The molecule has 0 saturated carbocycles. The van der Waals surface area contributed by atoms with Gasteiger partial charge >= 0.3 is 5.97 Å². The Morgan fingerprint density at radius 3 is 2.08 bits per heavy atom. The van der Waals surface area contributed by atoms with E-state index in [0.717, 1.165) is 30.9 Å². The molecule has 1 aliphatic heterocycles. The van der Waals surface area contributed by atoms with Crippen LogP contribution in [0.4, 0.5) is 0 Å². The van der Waals surface area contributed by atoms with Crippen LogP contribution < -0.4 is 0 Å². The zero-order valence-corrected chi connectivity index (χ0v) is 17.3. The Morgan fingerprint density at radius 2 is 1.54 bits per heavy atom. The maximum atomic E-state index is 11.4. The summed E-state index contributed by atoms with van der Waals surface area (Å²) in [7, 11) is 4.07. The summed E-state index contributed by atoms with van der Waals surface area (Å²) in [5, 5.41) is 10.3. The smallest absolute Gasteiger partial charge is 0.306 e. The van der Waals surface area contributed by atoms with Gasteiger partial charge in [0, 0.05) is 11.0 Å². The fourth-order valence-corrected chi connectivity index (χ4v) is 6.45. The monoisotopic (exact) mass is 374 g/mol. The second-order valence-electron chi connectivity index (χ2n) is 7.27. The number of hydrogen-bond donors (Lipinski definition) is 1. The van der Waals surface area contributed by atoms with Crippen LogP contribution in [0, 0.1) is 5.92 Å². The molecule has 0 spiro atoms. The topological polar surface area (TPSA) is 37.3 Å². The van der Waals surface area contributed by atoms with Gasteiger partial charge in [-0.3, -0.25) is 4.79 Å². The van der Waals surface area contributed by atoms with Crippen molar-refractivity contribution >= 4 is 27.6 Å². The molecular formula is C20H38O2S2. The minimum absolute atomic E-state index is 0.0958. The van der Waals surface area contributed by atoms with E-state index in [1.165, 1.54) is 76.4 Å². The van der Waals surface area contributed by atoms with Crippen molar-refractivity contribution in [1.29, 1.82) is 0 Å². The molecule has 142 valence electrons.